The number of benzene rings is 1. The summed E-state index contributed by atoms with van der Waals surface area (Å²) in [6.07, 6.45) is 1.29. The average Bonchev–Trinajstić information content (AvgIpc) is 2.13. The Morgan fingerprint density at radius 3 is 2.41 bits per heavy atom. The summed E-state index contributed by atoms with van der Waals surface area (Å²) in [5.74, 6) is 1.42. The van der Waals surface area contributed by atoms with Gasteiger partial charge in [0.25, 0.3) is 0 Å². The van der Waals surface area contributed by atoms with Crippen LogP contribution in [0.25, 0.3) is 0 Å². The summed E-state index contributed by atoms with van der Waals surface area (Å²) >= 11 is 9.88. The molecule has 1 aromatic rings. The van der Waals surface area contributed by atoms with Gasteiger partial charge in [-0.1, -0.05) is 25.4 Å². The van der Waals surface area contributed by atoms with Gasteiger partial charge >= 0.3 is 0 Å². The maximum absolute atomic E-state index is 6.31. The molecule has 4 heteroatoms. The van der Waals surface area contributed by atoms with Gasteiger partial charge in [0.05, 0.1) is 10.7 Å². The lowest BCUT2D eigenvalue weighted by Gasteiger charge is -2.37. The molecule has 0 amide bonds. The van der Waals surface area contributed by atoms with E-state index in [1.807, 2.05) is 12.1 Å². The molecule has 0 unspecified atom stereocenters. The summed E-state index contributed by atoms with van der Waals surface area (Å²) in [4.78, 5) is 2.37. The predicted octanol–water partition coefficient (Wildman–Crippen LogP) is 4.17. The largest absolute Gasteiger partial charge is 0.399 e. The Bertz CT molecular complexity index is 389. The van der Waals surface area contributed by atoms with Crippen LogP contribution in [0.4, 0.5) is 11.4 Å². The van der Waals surface area contributed by atoms with E-state index in [9.17, 15) is 0 Å². The van der Waals surface area contributed by atoms with Gasteiger partial charge < -0.3 is 10.6 Å². The van der Waals surface area contributed by atoms with Gasteiger partial charge in [0.1, 0.15) is 0 Å². The summed E-state index contributed by atoms with van der Waals surface area (Å²) < 4.78 is 0.990. The van der Waals surface area contributed by atoms with Crippen molar-refractivity contribution in [2.75, 3.05) is 23.7 Å². The van der Waals surface area contributed by atoms with Crippen LogP contribution in [0.3, 0.4) is 0 Å². The molecule has 0 saturated carbocycles. The molecule has 0 aromatic heterocycles. The molecule has 2 N–H and O–H groups in total. The van der Waals surface area contributed by atoms with Crippen LogP contribution >= 0.6 is 27.5 Å². The first-order valence-corrected chi connectivity index (χ1v) is 7.14. The summed E-state index contributed by atoms with van der Waals surface area (Å²) in [6, 6.07) is 3.75. The zero-order chi connectivity index (χ0) is 12.6. The van der Waals surface area contributed by atoms with Gasteiger partial charge in [-0.3, -0.25) is 0 Å². The highest BCUT2D eigenvalue weighted by molar-refractivity contribution is 9.10. The molecule has 1 heterocycles. The molecule has 1 aliphatic rings. The maximum atomic E-state index is 6.31. The minimum absolute atomic E-state index is 0.698. The van der Waals surface area contributed by atoms with E-state index in [0.717, 1.165) is 28.3 Å². The molecule has 0 bridgehead atoms. The van der Waals surface area contributed by atoms with Gasteiger partial charge in [-0.05, 0) is 46.3 Å². The second-order valence-corrected chi connectivity index (χ2v) is 6.45. The highest BCUT2D eigenvalue weighted by atomic mass is 79.9. The molecule has 1 aromatic carbocycles. The first-order valence-electron chi connectivity index (χ1n) is 5.97. The SMILES string of the molecule is C[C@@H]1C[C@H](C)CN(c2c(Cl)cc(N)cc2Br)C1. The minimum Gasteiger partial charge on any atom is -0.399 e. The van der Waals surface area contributed by atoms with Crippen molar-refractivity contribution in [1.29, 1.82) is 0 Å². The Hall–Kier alpha value is -0.410. The molecule has 1 saturated heterocycles. The molecule has 17 heavy (non-hydrogen) atoms. The van der Waals surface area contributed by atoms with E-state index in [1.54, 1.807) is 0 Å². The Morgan fingerprint density at radius 1 is 1.29 bits per heavy atom. The third-order valence-electron chi connectivity index (χ3n) is 3.22. The Morgan fingerprint density at radius 2 is 1.88 bits per heavy atom. The number of anilines is 2. The summed E-state index contributed by atoms with van der Waals surface area (Å²) in [7, 11) is 0. The van der Waals surface area contributed by atoms with Crippen molar-refractivity contribution >= 4 is 38.9 Å². The van der Waals surface area contributed by atoms with Gasteiger partial charge in [0, 0.05) is 23.2 Å². The second-order valence-electron chi connectivity index (χ2n) is 5.18. The van der Waals surface area contributed by atoms with Crippen LogP contribution in [0.2, 0.25) is 5.02 Å². The van der Waals surface area contributed by atoms with Crippen LogP contribution in [-0.4, -0.2) is 13.1 Å². The van der Waals surface area contributed by atoms with Gasteiger partial charge in [-0.2, -0.15) is 0 Å². The lowest BCUT2D eigenvalue weighted by Crippen LogP contribution is -2.39. The maximum Gasteiger partial charge on any atom is 0.0701 e. The molecular formula is C13H18BrClN2. The zero-order valence-electron chi connectivity index (χ0n) is 10.2. The van der Waals surface area contributed by atoms with E-state index >= 15 is 0 Å². The van der Waals surface area contributed by atoms with Crippen molar-refractivity contribution in [2.24, 2.45) is 11.8 Å². The van der Waals surface area contributed by atoms with Crippen molar-refractivity contribution in [1.82, 2.24) is 0 Å². The number of piperidine rings is 1. The topological polar surface area (TPSA) is 29.3 Å². The number of nitrogens with two attached hydrogens (primary N) is 1. The molecule has 1 fully saturated rings. The normalized spacial score (nSPS) is 25.1. The van der Waals surface area contributed by atoms with Crippen molar-refractivity contribution < 1.29 is 0 Å². The fourth-order valence-electron chi connectivity index (χ4n) is 2.73. The van der Waals surface area contributed by atoms with Crippen LogP contribution in [0.5, 0.6) is 0 Å². The van der Waals surface area contributed by atoms with E-state index in [1.165, 1.54) is 6.42 Å². The first kappa shape index (κ1) is 13.0. The van der Waals surface area contributed by atoms with E-state index < -0.39 is 0 Å². The van der Waals surface area contributed by atoms with Gasteiger partial charge in [0.15, 0.2) is 0 Å². The molecule has 2 nitrogen and oxygen atoms in total. The van der Waals surface area contributed by atoms with Gasteiger partial charge in [-0.15, -0.1) is 0 Å². The van der Waals surface area contributed by atoms with Gasteiger partial charge in [0.2, 0.25) is 0 Å². The standard InChI is InChI=1S/C13H18BrClN2/c1-8-3-9(2)7-17(6-8)13-11(14)4-10(16)5-12(13)15/h4-5,8-9H,3,6-7,16H2,1-2H3/t8-,9+. The number of nitrogen functional groups attached to an aromatic ring is 1. The van der Waals surface area contributed by atoms with Crippen LogP contribution in [0.15, 0.2) is 16.6 Å². The smallest absolute Gasteiger partial charge is 0.0701 e. The molecule has 2 atom stereocenters. The zero-order valence-corrected chi connectivity index (χ0v) is 12.6. The molecule has 1 aliphatic heterocycles. The minimum atomic E-state index is 0.698. The van der Waals surface area contributed by atoms with E-state index in [2.05, 4.69) is 34.7 Å². The van der Waals surface area contributed by atoms with Crippen molar-refractivity contribution in [2.45, 2.75) is 20.3 Å². The number of hydrogen-bond donors (Lipinski definition) is 1. The number of halogens is 2. The number of nitrogens with zero attached hydrogens (tertiary/aromatic N) is 1. The van der Waals surface area contributed by atoms with E-state index in [0.29, 0.717) is 17.5 Å². The summed E-state index contributed by atoms with van der Waals surface area (Å²) in [5, 5.41) is 0.734. The van der Waals surface area contributed by atoms with Crippen molar-refractivity contribution in [3.8, 4) is 0 Å². The first-order chi connectivity index (χ1) is 7.97. The molecule has 94 valence electrons. The van der Waals surface area contributed by atoms with Gasteiger partial charge in [-0.25, -0.2) is 0 Å². The lowest BCUT2D eigenvalue weighted by molar-refractivity contribution is 0.356. The van der Waals surface area contributed by atoms with Crippen molar-refractivity contribution in [3.05, 3.63) is 21.6 Å². The van der Waals surface area contributed by atoms with Crippen LogP contribution in [0, 0.1) is 11.8 Å². The highest BCUT2D eigenvalue weighted by Gasteiger charge is 2.24. The van der Waals surface area contributed by atoms with Crippen LogP contribution in [0.1, 0.15) is 20.3 Å². The fourth-order valence-corrected chi connectivity index (χ4v) is 3.92. The molecule has 0 spiro atoms. The Labute approximate surface area is 116 Å². The average molecular weight is 318 g/mol. The third-order valence-corrected chi connectivity index (χ3v) is 4.12. The Balaban J connectivity index is 2.33. The second kappa shape index (κ2) is 5.07. The van der Waals surface area contributed by atoms with E-state index in [4.69, 9.17) is 17.3 Å². The summed E-state index contributed by atoms with van der Waals surface area (Å²) in [6.45, 7) is 6.71. The number of rotatable bonds is 1. The van der Waals surface area contributed by atoms with Crippen LogP contribution in [-0.2, 0) is 0 Å². The quantitative estimate of drug-likeness (QED) is 0.788. The van der Waals surface area contributed by atoms with Crippen LogP contribution < -0.4 is 10.6 Å². The molecular weight excluding hydrogens is 300 g/mol. The number of hydrogen-bond acceptors (Lipinski definition) is 2. The third kappa shape index (κ3) is 2.89. The summed E-state index contributed by atoms with van der Waals surface area (Å²) in [5.41, 5.74) is 7.56. The van der Waals surface area contributed by atoms with Crippen molar-refractivity contribution in [3.63, 3.8) is 0 Å². The molecule has 2 rings (SSSR count). The predicted molar refractivity (Wildman–Crippen MR) is 78.7 cm³/mol. The molecule has 0 aliphatic carbocycles. The highest BCUT2D eigenvalue weighted by Crippen LogP contribution is 2.38. The Kier molecular flexibility index (Phi) is 3.88. The fraction of sp³-hybridized carbons (Fsp3) is 0.538. The lowest BCUT2D eigenvalue weighted by atomic mass is 9.91. The molecule has 0 radical (unpaired) electrons. The monoisotopic (exact) mass is 316 g/mol. The van der Waals surface area contributed by atoms with E-state index in [-0.39, 0.29) is 0 Å².